The van der Waals surface area contributed by atoms with Gasteiger partial charge in [0, 0.05) is 0 Å². The lowest BCUT2D eigenvalue weighted by atomic mass is 10.2. The number of hydrogen-bond acceptors (Lipinski definition) is 4. The van der Waals surface area contributed by atoms with Crippen molar-refractivity contribution in [1.29, 1.82) is 0 Å². The average molecular weight is 203 g/mol. The van der Waals surface area contributed by atoms with E-state index in [0.29, 0.717) is 0 Å². The first-order chi connectivity index (χ1) is 7.25. The molecule has 2 heterocycles. The van der Waals surface area contributed by atoms with Gasteiger partial charge < -0.3 is 9.73 Å². The zero-order valence-electron chi connectivity index (χ0n) is 8.77. The zero-order valence-corrected chi connectivity index (χ0v) is 8.77. The molecular weight excluding hydrogens is 190 g/mol. The van der Waals surface area contributed by atoms with Gasteiger partial charge >= 0.3 is 0 Å². The quantitative estimate of drug-likeness (QED) is 0.832. The molecule has 0 fully saturated rings. The Kier molecular flexibility index (Phi) is 2.67. The van der Waals surface area contributed by atoms with E-state index in [4.69, 9.17) is 4.42 Å². The second-order valence-electron chi connectivity index (χ2n) is 3.50. The number of aromatic nitrogens is 2. The van der Waals surface area contributed by atoms with E-state index in [1.165, 1.54) is 0 Å². The van der Waals surface area contributed by atoms with Crippen molar-refractivity contribution in [3.63, 3.8) is 0 Å². The molecule has 2 aromatic heterocycles. The lowest BCUT2D eigenvalue weighted by molar-refractivity contribution is 0.490. The van der Waals surface area contributed by atoms with Crippen LogP contribution in [0.15, 0.2) is 35.1 Å². The Labute approximate surface area is 88.3 Å². The Morgan fingerprint density at radius 1 is 1.47 bits per heavy atom. The molecule has 0 aliphatic carbocycles. The lowest BCUT2D eigenvalue weighted by Crippen LogP contribution is -2.07. The molecule has 4 heteroatoms. The summed E-state index contributed by atoms with van der Waals surface area (Å²) < 4.78 is 5.29. The molecule has 0 aliphatic rings. The van der Waals surface area contributed by atoms with E-state index in [-0.39, 0.29) is 6.04 Å². The van der Waals surface area contributed by atoms with Crippen LogP contribution >= 0.6 is 0 Å². The standard InChI is InChI=1S/C11H13N3O/c1-8-6-11(14-12-7-8)13-9(2)10-4-3-5-15-10/h3-7,9H,1-2H3,(H,13,14). The van der Waals surface area contributed by atoms with E-state index < -0.39 is 0 Å². The van der Waals surface area contributed by atoms with Gasteiger partial charge in [0.05, 0.1) is 18.5 Å². The zero-order chi connectivity index (χ0) is 10.7. The van der Waals surface area contributed by atoms with Gasteiger partial charge in [-0.25, -0.2) is 0 Å². The van der Waals surface area contributed by atoms with Crippen molar-refractivity contribution >= 4 is 5.82 Å². The highest BCUT2D eigenvalue weighted by atomic mass is 16.3. The number of rotatable bonds is 3. The molecule has 0 saturated carbocycles. The molecule has 0 saturated heterocycles. The minimum absolute atomic E-state index is 0.0936. The number of furan rings is 1. The van der Waals surface area contributed by atoms with Gasteiger partial charge in [0.25, 0.3) is 0 Å². The third-order valence-electron chi connectivity index (χ3n) is 2.13. The minimum Gasteiger partial charge on any atom is -0.467 e. The Bertz CT molecular complexity index is 425. The van der Waals surface area contributed by atoms with Gasteiger partial charge in [-0.3, -0.25) is 0 Å². The highest BCUT2D eigenvalue weighted by Gasteiger charge is 2.08. The summed E-state index contributed by atoms with van der Waals surface area (Å²) in [5.41, 5.74) is 1.08. The average Bonchev–Trinajstić information content (AvgIpc) is 2.70. The van der Waals surface area contributed by atoms with E-state index in [9.17, 15) is 0 Å². The van der Waals surface area contributed by atoms with Crippen LogP contribution in [-0.2, 0) is 0 Å². The molecule has 1 N–H and O–H groups in total. The molecule has 0 radical (unpaired) electrons. The van der Waals surface area contributed by atoms with Crippen LogP contribution < -0.4 is 5.32 Å². The molecule has 78 valence electrons. The summed E-state index contributed by atoms with van der Waals surface area (Å²) in [6.07, 6.45) is 3.39. The van der Waals surface area contributed by atoms with Crippen LogP contribution in [0.25, 0.3) is 0 Å². The summed E-state index contributed by atoms with van der Waals surface area (Å²) in [7, 11) is 0. The van der Waals surface area contributed by atoms with Crippen LogP contribution in [0, 0.1) is 6.92 Å². The smallest absolute Gasteiger partial charge is 0.149 e. The first-order valence-electron chi connectivity index (χ1n) is 4.85. The van der Waals surface area contributed by atoms with Crippen molar-refractivity contribution in [2.24, 2.45) is 0 Å². The van der Waals surface area contributed by atoms with E-state index in [1.807, 2.05) is 32.0 Å². The summed E-state index contributed by atoms with van der Waals surface area (Å²) >= 11 is 0. The van der Waals surface area contributed by atoms with Crippen LogP contribution in [0.2, 0.25) is 0 Å². The van der Waals surface area contributed by atoms with E-state index >= 15 is 0 Å². The summed E-state index contributed by atoms with van der Waals surface area (Å²) in [5, 5.41) is 11.1. The monoisotopic (exact) mass is 203 g/mol. The molecule has 1 atom stereocenters. The van der Waals surface area contributed by atoms with Gasteiger partial charge in [0.2, 0.25) is 0 Å². The van der Waals surface area contributed by atoms with Crippen molar-refractivity contribution in [3.05, 3.63) is 42.0 Å². The molecule has 0 amide bonds. The number of hydrogen-bond donors (Lipinski definition) is 1. The van der Waals surface area contributed by atoms with Gasteiger partial charge in [0.1, 0.15) is 11.6 Å². The molecule has 0 bridgehead atoms. The topological polar surface area (TPSA) is 51.0 Å². The number of aryl methyl sites for hydroxylation is 1. The van der Waals surface area contributed by atoms with E-state index in [1.54, 1.807) is 12.5 Å². The normalized spacial score (nSPS) is 12.4. The van der Waals surface area contributed by atoms with Crippen LogP contribution in [0.1, 0.15) is 24.3 Å². The SMILES string of the molecule is Cc1cnnc(NC(C)c2ccco2)c1. The Balaban J connectivity index is 2.09. The maximum Gasteiger partial charge on any atom is 0.149 e. The van der Waals surface area contributed by atoms with Crippen LogP contribution in [0.3, 0.4) is 0 Å². The third kappa shape index (κ3) is 2.34. The van der Waals surface area contributed by atoms with Crippen molar-refractivity contribution in [1.82, 2.24) is 10.2 Å². The highest BCUT2D eigenvalue weighted by Crippen LogP contribution is 2.17. The van der Waals surface area contributed by atoms with Crippen LogP contribution in [-0.4, -0.2) is 10.2 Å². The predicted molar refractivity (Wildman–Crippen MR) is 57.5 cm³/mol. The lowest BCUT2D eigenvalue weighted by Gasteiger charge is -2.11. The molecule has 15 heavy (non-hydrogen) atoms. The van der Waals surface area contributed by atoms with Crippen molar-refractivity contribution < 1.29 is 4.42 Å². The number of anilines is 1. The maximum atomic E-state index is 5.29. The van der Waals surface area contributed by atoms with Gasteiger partial charge in [-0.15, -0.1) is 5.10 Å². The minimum atomic E-state index is 0.0936. The van der Waals surface area contributed by atoms with Gasteiger partial charge in [0.15, 0.2) is 0 Å². The van der Waals surface area contributed by atoms with Gasteiger partial charge in [-0.2, -0.15) is 5.10 Å². The highest BCUT2D eigenvalue weighted by molar-refractivity contribution is 5.37. The second-order valence-corrected chi connectivity index (χ2v) is 3.50. The Morgan fingerprint density at radius 3 is 3.00 bits per heavy atom. The summed E-state index contributed by atoms with van der Waals surface area (Å²) in [6, 6.07) is 5.85. The Hall–Kier alpha value is -1.84. The van der Waals surface area contributed by atoms with Crippen molar-refractivity contribution in [2.75, 3.05) is 5.32 Å². The summed E-state index contributed by atoms with van der Waals surface area (Å²) in [4.78, 5) is 0. The molecule has 2 aromatic rings. The van der Waals surface area contributed by atoms with Crippen LogP contribution in [0.4, 0.5) is 5.82 Å². The molecule has 2 rings (SSSR count). The number of nitrogens with one attached hydrogen (secondary N) is 1. The number of nitrogens with zero attached hydrogens (tertiary/aromatic N) is 2. The summed E-state index contributed by atoms with van der Waals surface area (Å²) in [6.45, 7) is 4.00. The molecule has 0 aromatic carbocycles. The summed E-state index contributed by atoms with van der Waals surface area (Å²) in [5.74, 6) is 1.65. The van der Waals surface area contributed by atoms with E-state index in [2.05, 4.69) is 15.5 Å². The van der Waals surface area contributed by atoms with Gasteiger partial charge in [-0.1, -0.05) is 0 Å². The fourth-order valence-corrected chi connectivity index (χ4v) is 1.37. The van der Waals surface area contributed by atoms with E-state index in [0.717, 1.165) is 17.1 Å². The molecule has 0 aliphatic heterocycles. The van der Waals surface area contributed by atoms with Crippen molar-refractivity contribution in [2.45, 2.75) is 19.9 Å². The first-order valence-corrected chi connectivity index (χ1v) is 4.85. The van der Waals surface area contributed by atoms with Crippen molar-refractivity contribution in [3.8, 4) is 0 Å². The predicted octanol–water partition coefficient (Wildman–Crippen LogP) is 2.55. The second kappa shape index (κ2) is 4.13. The Morgan fingerprint density at radius 2 is 2.33 bits per heavy atom. The molecule has 4 nitrogen and oxygen atoms in total. The molecular formula is C11H13N3O. The first kappa shape index (κ1) is 9.71. The third-order valence-corrected chi connectivity index (χ3v) is 2.13. The van der Waals surface area contributed by atoms with Gasteiger partial charge in [-0.05, 0) is 37.6 Å². The largest absolute Gasteiger partial charge is 0.467 e. The maximum absolute atomic E-state index is 5.29. The fraction of sp³-hybridized carbons (Fsp3) is 0.273. The molecule has 0 spiro atoms. The molecule has 1 unspecified atom stereocenters. The fourth-order valence-electron chi connectivity index (χ4n) is 1.37. The van der Waals surface area contributed by atoms with Crippen LogP contribution in [0.5, 0.6) is 0 Å².